The molecule has 2 rings (SSSR count). The molecule has 0 bridgehead atoms. The summed E-state index contributed by atoms with van der Waals surface area (Å²) in [6.07, 6.45) is 6.26. The van der Waals surface area contributed by atoms with Crippen molar-refractivity contribution < 1.29 is 9.53 Å². The van der Waals surface area contributed by atoms with Gasteiger partial charge in [-0.2, -0.15) is 0 Å². The molecule has 1 saturated carbocycles. The molecule has 0 heterocycles. The molecule has 3 atom stereocenters. The molecule has 0 amide bonds. The minimum atomic E-state index is -0.407. The van der Waals surface area contributed by atoms with Crippen LogP contribution in [0.25, 0.3) is 0 Å². The van der Waals surface area contributed by atoms with Crippen LogP contribution in [0.3, 0.4) is 0 Å². The number of ether oxygens (including phenoxy) is 1. The highest BCUT2D eigenvalue weighted by Gasteiger charge is 2.55. The molecule has 0 radical (unpaired) electrons. The Morgan fingerprint density at radius 2 is 2.21 bits per heavy atom. The molecule has 0 spiro atoms. The van der Waals surface area contributed by atoms with Gasteiger partial charge >= 0.3 is 5.97 Å². The van der Waals surface area contributed by atoms with E-state index in [1.807, 2.05) is 20.8 Å². The standard InChI is InChI=1S/C16H27NO2/c1-5-11-6-12-8-16(10-17,13(12)7-11)9-14(18)19-15(2,3)4/h7,12-13H,5-6,8-10,17H2,1-4H3/t12-,13-,16-/m0/s1. The first kappa shape index (κ1) is 14.6. The molecule has 0 aliphatic heterocycles. The highest BCUT2D eigenvalue weighted by Crippen LogP contribution is 2.59. The number of esters is 1. The molecule has 2 N–H and O–H groups in total. The first-order valence-corrected chi connectivity index (χ1v) is 7.41. The van der Waals surface area contributed by atoms with Gasteiger partial charge in [0.25, 0.3) is 0 Å². The van der Waals surface area contributed by atoms with Crippen molar-refractivity contribution in [1.29, 1.82) is 0 Å². The topological polar surface area (TPSA) is 52.3 Å². The molecule has 19 heavy (non-hydrogen) atoms. The van der Waals surface area contributed by atoms with Crippen LogP contribution in [0.15, 0.2) is 11.6 Å². The Kier molecular flexibility index (Phi) is 3.78. The van der Waals surface area contributed by atoms with Gasteiger partial charge in [0.2, 0.25) is 0 Å². The summed E-state index contributed by atoms with van der Waals surface area (Å²) < 4.78 is 5.46. The van der Waals surface area contributed by atoms with Crippen molar-refractivity contribution >= 4 is 5.97 Å². The van der Waals surface area contributed by atoms with E-state index in [4.69, 9.17) is 10.5 Å². The third-order valence-corrected chi connectivity index (χ3v) is 4.60. The average Bonchev–Trinajstić information content (AvgIpc) is 2.62. The van der Waals surface area contributed by atoms with E-state index in [1.165, 1.54) is 12.0 Å². The van der Waals surface area contributed by atoms with Crippen molar-refractivity contribution in [3.05, 3.63) is 11.6 Å². The van der Waals surface area contributed by atoms with E-state index < -0.39 is 5.60 Å². The van der Waals surface area contributed by atoms with Crippen LogP contribution >= 0.6 is 0 Å². The van der Waals surface area contributed by atoms with Gasteiger partial charge < -0.3 is 10.5 Å². The maximum absolute atomic E-state index is 12.1. The largest absolute Gasteiger partial charge is 0.460 e. The Bertz CT molecular complexity index is 394. The lowest BCUT2D eigenvalue weighted by molar-refractivity contribution is -0.162. The van der Waals surface area contributed by atoms with E-state index in [2.05, 4.69) is 13.0 Å². The minimum absolute atomic E-state index is 0.0378. The van der Waals surface area contributed by atoms with E-state index in [0.29, 0.717) is 18.9 Å². The summed E-state index contributed by atoms with van der Waals surface area (Å²) in [6.45, 7) is 8.52. The van der Waals surface area contributed by atoms with Crippen LogP contribution in [0, 0.1) is 17.3 Å². The van der Waals surface area contributed by atoms with Crippen molar-refractivity contribution in [2.75, 3.05) is 6.54 Å². The van der Waals surface area contributed by atoms with Gasteiger partial charge in [-0.05, 0) is 63.8 Å². The zero-order valence-electron chi connectivity index (χ0n) is 12.7. The van der Waals surface area contributed by atoms with E-state index in [1.54, 1.807) is 0 Å². The van der Waals surface area contributed by atoms with Crippen LogP contribution < -0.4 is 5.73 Å². The normalized spacial score (nSPS) is 33.4. The third-order valence-electron chi connectivity index (χ3n) is 4.60. The number of carbonyl (C=O) groups is 1. The monoisotopic (exact) mass is 265 g/mol. The van der Waals surface area contributed by atoms with E-state index >= 15 is 0 Å². The summed E-state index contributed by atoms with van der Waals surface area (Å²) >= 11 is 0. The van der Waals surface area contributed by atoms with Crippen LogP contribution in [-0.4, -0.2) is 18.1 Å². The first-order chi connectivity index (χ1) is 8.79. The summed E-state index contributed by atoms with van der Waals surface area (Å²) in [5, 5.41) is 0. The van der Waals surface area contributed by atoms with E-state index in [9.17, 15) is 4.79 Å². The SMILES string of the molecule is CCC1=C[C@H]2[C@@H](C1)C[C@@]2(CN)CC(=O)OC(C)(C)C. The number of carbonyl (C=O) groups excluding carboxylic acids is 1. The molecule has 2 aliphatic carbocycles. The number of nitrogens with two attached hydrogens (primary N) is 1. The van der Waals surface area contributed by atoms with Gasteiger partial charge in [-0.15, -0.1) is 0 Å². The summed E-state index contributed by atoms with van der Waals surface area (Å²) in [5.41, 5.74) is 7.08. The minimum Gasteiger partial charge on any atom is -0.460 e. The Balaban J connectivity index is 2.02. The number of fused-ring (bicyclic) bond motifs is 1. The molecule has 0 aromatic rings. The lowest BCUT2D eigenvalue weighted by atomic mass is 9.53. The smallest absolute Gasteiger partial charge is 0.306 e. The second-order valence-electron chi connectivity index (χ2n) is 7.20. The quantitative estimate of drug-likeness (QED) is 0.628. The van der Waals surface area contributed by atoms with Crippen LogP contribution in [0.5, 0.6) is 0 Å². The molecule has 0 aromatic carbocycles. The van der Waals surface area contributed by atoms with Gasteiger partial charge in [0.15, 0.2) is 0 Å². The van der Waals surface area contributed by atoms with Gasteiger partial charge in [-0.1, -0.05) is 18.6 Å². The molecule has 0 saturated heterocycles. The summed E-state index contributed by atoms with van der Waals surface area (Å²) in [6, 6.07) is 0. The molecule has 0 unspecified atom stereocenters. The van der Waals surface area contributed by atoms with Crippen molar-refractivity contribution in [2.24, 2.45) is 23.0 Å². The Hall–Kier alpha value is -0.830. The second kappa shape index (κ2) is 4.93. The zero-order valence-corrected chi connectivity index (χ0v) is 12.7. The molecule has 2 aliphatic rings. The van der Waals surface area contributed by atoms with Gasteiger partial charge in [0.1, 0.15) is 5.60 Å². The molecule has 1 fully saturated rings. The second-order valence-corrected chi connectivity index (χ2v) is 7.20. The molecule has 0 aromatic heterocycles. The first-order valence-electron chi connectivity index (χ1n) is 7.41. The fourth-order valence-corrected chi connectivity index (χ4v) is 3.70. The van der Waals surface area contributed by atoms with Crippen LogP contribution in [0.4, 0.5) is 0 Å². The highest BCUT2D eigenvalue weighted by atomic mass is 16.6. The fourth-order valence-electron chi connectivity index (χ4n) is 3.70. The van der Waals surface area contributed by atoms with Gasteiger partial charge in [0, 0.05) is 0 Å². The summed E-state index contributed by atoms with van der Waals surface area (Å²) in [7, 11) is 0. The van der Waals surface area contributed by atoms with Gasteiger partial charge in [-0.25, -0.2) is 0 Å². The fraction of sp³-hybridized carbons (Fsp3) is 0.812. The molecule has 3 heteroatoms. The van der Waals surface area contributed by atoms with Gasteiger partial charge in [0.05, 0.1) is 6.42 Å². The summed E-state index contributed by atoms with van der Waals surface area (Å²) in [4.78, 5) is 12.1. The van der Waals surface area contributed by atoms with Crippen molar-refractivity contribution in [3.8, 4) is 0 Å². The van der Waals surface area contributed by atoms with Crippen molar-refractivity contribution in [1.82, 2.24) is 0 Å². The maximum atomic E-state index is 12.1. The van der Waals surface area contributed by atoms with E-state index in [0.717, 1.165) is 18.8 Å². The number of rotatable bonds is 4. The Morgan fingerprint density at radius 3 is 2.74 bits per heavy atom. The predicted octanol–water partition coefficient (Wildman–Crippen LogP) is 3.04. The third kappa shape index (κ3) is 2.86. The van der Waals surface area contributed by atoms with Crippen LogP contribution in [0.1, 0.15) is 53.4 Å². The molecular weight excluding hydrogens is 238 g/mol. The van der Waals surface area contributed by atoms with Crippen LogP contribution in [-0.2, 0) is 9.53 Å². The zero-order chi connectivity index (χ0) is 14.3. The number of hydrogen-bond acceptors (Lipinski definition) is 3. The van der Waals surface area contributed by atoms with Crippen molar-refractivity contribution in [2.45, 2.75) is 59.0 Å². The Labute approximate surface area is 116 Å². The lowest BCUT2D eigenvalue weighted by Crippen LogP contribution is -2.51. The maximum Gasteiger partial charge on any atom is 0.306 e. The molecular formula is C16H27NO2. The number of allylic oxidation sites excluding steroid dienone is 2. The summed E-state index contributed by atoms with van der Waals surface area (Å²) in [5.74, 6) is 1.12. The number of hydrogen-bond donors (Lipinski definition) is 1. The molecule has 108 valence electrons. The van der Waals surface area contributed by atoms with E-state index in [-0.39, 0.29) is 11.4 Å². The van der Waals surface area contributed by atoms with Crippen LogP contribution in [0.2, 0.25) is 0 Å². The lowest BCUT2D eigenvalue weighted by Gasteiger charge is -2.51. The average molecular weight is 265 g/mol. The molecule has 3 nitrogen and oxygen atoms in total. The van der Waals surface area contributed by atoms with Crippen molar-refractivity contribution in [3.63, 3.8) is 0 Å². The Morgan fingerprint density at radius 1 is 1.53 bits per heavy atom. The predicted molar refractivity (Wildman–Crippen MR) is 76.5 cm³/mol. The van der Waals surface area contributed by atoms with Gasteiger partial charge in [-0.3, -0.25) is 4.79 Å². The highest BCUT2D eigenvalue weighted by molar-refractivity contribution is 5.71.